The molecule has 2 heterocycles. The number of fused-ring (bicyclic) bond motifs is 4. The lowest BCUT2D eigenvalue weighted by Gasteiger charge is -1.95. The van der Waals surface area contributed by atoms with Crippen molar-refractivity contribution in [3.05, 3.63) is 70.7 Å². The second kappa shape index (κ2) is 4.98. The number of nitrogens with zero attached hydrogens (tertiary/aromatic N) is 1. The quantitative estimate of drug-likeness (QED) is 0.351. The molecule has 1 aliphatic rings. The summed E-state index contributed by atoms with van der Waals surface area (Å²) in [7, 11) is 0. The van der Waals surface area contributed by atoms with Crippen molar-refractivity contribution in [3.63, 3.8) is 0 Å². The largest absolute Gasteiger partial charge is 0.233 e. The molecule has 1 nitrogen and oxygen atoms in total. The van der Waals surface area contributed by atoms with Crippen molar-refractivity contribution in [2.45, 2.75) is 0 Å². The topological polar surface area (TPSA) is 12.9 Å². The molecule has 23 heavy (non-hydrogen) atoms. The molecule has 0 amide bonds. The molecule has 1 aliphatic carbocycles. The minimum Gasteiger partial charge on any atom is -0.233 e. The van der Waals surface area contributed by atoms with E-state index in [1.165, 1.54) is 15.5 Å². The normalized spacial score (nSPS) is 13.9. The number of thiophene rings is 1. The highest BCUT2D eigenvalue weighted by Crippen LogP contribution is 2.44. The number of rotatable bonds is 1. The van der Waals surface area contributed by atoms with E-state index in [9.17, 15) is 0 Å². The number of allylic oxidation sites excluding steroid dienone is 6. The summed E-state index contributed by atoms with van der Waals surface area (Å²) in [6, 6.07) is 10.6. The fraction of sp³-hybridized carbons (Fsp3) is 0. The predicted molar refractivity (Wildman–Crippen MR) is 102 cm³/mol. The Morgan fingerprint density at radius 3 is 2.83 bits per heavy atom. The molecule has 0 fully saturated rings. The number of hydrogen-bond acceptors (Lipinski definition) is 3. The van der Waals surface area contributed by atoms with Crippen molar-refractivity contribution in [1.82, 2.24) is 4.98 Å². The van der Waals surface area contributed by atoms with Crippen LogP contribution in [0.25, 0.3) is 36.0 Å². The van der Waals surface area contributed by atoms with E-state index in [1.807, 2.05) is 24.3 Å². The number of halogens is 1. The van der Waals surface area contributed by atoms with Crippen molar-refractivity contribution in [2.75, 3.05) is 0 Å². The standard InChI is InChI=1S/C19H9ClNS2/c20-16-17-13(12-8-4-5-9-15(12)22-17)10-14-18(16)23-19(21-14)11-6-2-1-3-7-11/h2-10H/q+1. The molecule has 2 aromatic carbocycles. The Hall–Kier alpha value is -2.03. The molecule has 0 saturated carbocycles. The Morgan fingerprint density at radius 1 is 1.04 bits per heavy atom. The molecule has 0 atom stereocenters. The average molecular weight is 351 g/mol. The second-order valence-electron chi connectivity index (χ2n) is 5.32. The van der Waals surface area contributed by atoms with Gasteiger partial charge in [-0.15, -0.1) is 22.7 Å². The van der Waals surface area contributed by atoms with Gasteiger partial charge in [0.25, 0.3) is 0 Å². The summed E-state index contributed by atoms with van der Waals surface area (Å²) >= 11 is 10.1. The van der Waals surface area contributed by atoms with E-state index in [-0.39, 0.29) is 0 Å². The van der Waals surface area contributed by atoms with Gasteiger partial charge < -0.3 is 0 Å². The fourth-order valence-electron chi connectivity index (χ4n) is 2.85. The van der Waals surface area contributed by atoms with Crippen LogP contribution in [0.1, 0.15) is 5.01 Å². The molecule has 0 aliphatic heterocycles. The predicted octanol–water partition coefficient (Wildman–Crippen LogP) is 6.63. The first-order valence-electron chi connectivity index (χ1n) is 7.18. The van der Waals surface area contributed by atoms with Gasteiger partial charge in [-0.3, -0.25) is 0 Å². The molecular formula is C19H9ClNS2+. The molecule has 5 rings (SSSR count). The van der Waals surface area contributed by atoms with Crippen molar-refractivity contribution in [1.29, 1.82) is 0 Å². The van der Waals surface area contributed by atoms with Crippen LogP contribution in [0.3, 0.4) is 0 Å². The van der Waals surface area contributed by atoms with E-state index in [1.54, 1.807) is 22.7 Å². The van der Waals surface area contributed by atoms with E-state index in [2.05, 4.69) is 36.4 Å². The first-order chi connectivity index (χ1) is 11.3. The van der Waals surface area contributed by atoms with Crippen LogP contribution in [0.2, 0.25) is 5.02 Å². The lowest BCUT2D eigenvalue weighted by atomic mass is 10.1. The van der Waals surface area contributed by atoms with Crippen LogP contribution in [-0.2, 0) is 0 Å². The molecule has 4 heteroatoms. The van der Waals surface area contributed by atoms with E-state index in [4.69, 9.17) is 16.6 Å². The van der Waals surface area contributed by atoms with Gasteiger partial charge in [-0.1, -0.05) is 29.8 Å². The summed E-state index contributed by atoms with van der Waals surface area (Å²) in [6.45, 7) is 0. The van der Waals surface area contributed by atoms with Gasteiger partial charge in [0.2, 0.25) is 0 Å². The van der Waals surface area contributed by atoms with Gasteiger partial charge in [0, 0.05) is 21.5 Å². The zero-order chi connectivity index (χ0) is 15.4. The summed E-state index contributed by atoms with van der Waals surface area (Å²) < 4.78 is 3.48. The van der Waals surface area contributed by atoms with Crippen LogP contribution < -0.4 is 0 Å². The second-order valence-corrected chi connectivity index (χ2v) is 7.75. The molecule has 0 bridgehead atoms. The van der Waals surface area contributed by atoms with Gasteiger partial charge in [0.05, 0.1) is 32.1 Å². The van der Waals surface area contributed by atoms with Crippen molar-refractivity contribution >= 4 is 70.2 Å². The minimum absolute atomic E-state index is 0.824. The van der Waals surface area contributed by atoms with Gasteiger partial charge in [0.15, 0.2) is 5.01 Å². The molecule has 2 aromatic heterocycles. The Kier molecular flexibility index (Phi) is 2.91. The Labute approximate surface area is 145 Å². The van der Waals surface area contributed by atoms with Crippen molar-refractivity contribution < 1.29 is 0 Å². The third kappa shape index (κ3) is 1.99. The number of aromatic nitrogens is 1. The van der Waals surface area contributed by atoms with Crippen LogP contribution in [0.15, 0.2) is 54.6 Å². The average Bonchev–Trinajstić information content (AvgIpc) is 3.18. The summed E-state index contributed by atoms with van der Waals surface area (Å²) in [4.78, 5) is 4.81. The smallest absolute Gasteiger partial charge is 0.151 e. The van der Waals surface area contributed by atoms with Crippen molar-refractivity contribution in [2.24, 2.45) is 0 Å². The summed E-state index contributed by atoms with van der Waals surface area (Å²) in [5.41, 5.74) is 2.08. The van der Waals surface area contributed by atoms with Crippen LogP contribution >= 0.6 is 34.3 Å². The monoisotopic (exact) mass is 350 g/mol. The molecular weight excluding hydrogens is 342 g/mol. The highest BCUT2D eigenvalue weighted by atomic mass is 35.5. The number of hydrogen-bond donors (Lipinski definition) is 0. The highest BCUT2D eigenvalue weighted by Gasteiger charge is 2.18. The number of benzene rings is 2. The maximum absolute atomic E-state index is 6.72. The van der Waals surface area contributed by atoms with E-state index in [0.717, 1.165) is 30.5 Å². The SMILES string of the molecule is Clc1c2sc(C3=CC=[C+]C=C3)nc2cc2c1sc1ccccc12. The summed E-state index contributed by atoms with van der Waals surface area (Å²) in [5, 5.41) is 4.27. The zero-order valence-corrected chi connectivity index (χ0v) is 14.2. The fourth-order valence-corrected chi connectivity index (χ4v) is 5.46. The summed E-state index contributed by atoms with van der Waals surface area (Å²) in [5.74, 6) is 0. The van der Waals surface area contributed by atoms with E-state index >= 15 is 0 Å². The molecule has 0 saturated heterocycles. The molecule has 4 aromatic rings. The first-order valence-corrected chi connectivity index (χ1v) is 9.19. The molecule has 0 radical (unpaired) electrons. The molecule has 0 spiro atoms. The van der Waals surface area contributed by atoms with Crippen molar-refractivity contribution in [3.8, 4) is 0 Å². The third-order valence-corrected chi connectivity index (χ3v) is 6.88. The lowest BCUT2D eigenvalue weighted by Crippen LogP contribution is -1.80. The zero-order valence-electron chi connectivity index (χ0n) is 11.8. The van der Waals surface area contributed by atoms with E-state index < -0.39 is 0 Å². The number of thiazole rings is 1. The first kappa shape index (κ1) is 13.4. The summed E-state index contributed by atoms with van der Waals surface area (Å²) in [6.07, 6.45) is 10.9. The Morgan fingerprint density at radius 2 is 1.96 bits per heavy atom. The Bertz CT molecular complexity index is 1170. The van der Waals surface area contributed by atoms with Gasteiger partial charge in [-0.05, 0) is 12.1 Å². The third-order valence-electron chi connectivity index (χ3n) is 3.93. The van der Waals surface area contributed by atoms with Crippen LogP contribution in [0, 0.1) is 6.08 Å². The van der Waals surface area contributed by atoms with Gasteiger partial charge in [-0.2, -0.15) is 0 Å². The van der Waals surface area contributed by atoms with Gasteiger partial charge >= 0.3 is 0 Å². The van der Waals surface area contributed by atoms with Gasteiger partial charge in [0.1, 0.15) is 17.7 Å². The maximum Gasteiger partial charge on any atom is 0.151 e. The highest BCUT2D eigenvalue weighted by molar-refractivity contribution is 7.27. The Balaban J connectivity index is 1.85. The lowest BCUT2D eigenvalue weighted by molar-refractivity contribution is 1.44. The minimum atomic E-state index is 0.824. The van der Waals surface area contributed by atoms with Crippen LogP contribution in [0.4, 0.5) is 0 Å². The van der Waals surface area contributed by atoms with Gasteiger partial charge in [-0.25, -0.2) is 4.98 Å². The van der Waals surface area contributed by atoms with Crippen LogP contribution in [0.5, 0.6) is 0 Å². The molecule has 0 unspecified atom stereocenters. The molecule has 108 valence electrons. The van der Waals surface area contributed by atoms with Crippen LogP contribution in [-0.4, -0.2) is 4.98 Å². The maximum atomic E-state index is 6.72. The van der Waals surface area contributed by atoms with E-state index in [0.29, 0.717) is 0 Å². The molecule has 0 N–H and O–H groups in total.